The lowest BCUT2D eigenvalue weighted by Crippen LogP contribution is -2.33. The van der Waals surface area contributed by atoms with Crippen LogP contribution in [0.15, 0.2) is 53.4 Å². The molecule has 6 nitrogen and oxygen atoms in total. The summed E-state index contributed by atoms with van der Waals surface area (Å²) in [6.07, 6.45) is 5.92. The van der Waals surface area contributed by atoms with Crippen LogP contribution in [0.1, 0.15) is 51.0 Å². The van der Waals surface area contributed by atoms with Crippen molar-refractivity contribution in [3.63, 3.8) is 0 Å². The van der Waals surface area contributed by atoms with Crippen molar-refractivity contribution in [3.05, 3.63) is 59.9 Å². The molecule has 0 bridgehead atoms. The molecule has 1 amide bonds. The van der Waals surface area contributed by atoms with Crippen LogP contribution in [-0.4, -0.2) is 39.5 Å². The van der Waals surface area contributed by atoms with Crippen molar-refractivity contribution in [2.45, 2.75) is 56.9 Å². The summed E-state index contributed by atoms with van der Waals surface area (Å²) in [4.78, 5) is 14.3. The molecule has 32 heavy (non-hydrogen) atoms. The fraction of sp³-hybridized carbons (Fsp3) is 0.458. The molecule has 0 aromatic heterocycles. The summed E-state index contributed by atoms with van der Waals surface area (Å²) < 4.78 is 48.0. The lowest BCUT2D eigenvalue weighted by atomic mass is 10.1. The summed E-state index contributed by atoms with van der Waals surface area (Å²) >= 11 is 0. The van der Waals surface area contributed by atoms with Gasteiger partial charge in [-0.05, 0) is 48.4 Å². The molecule has 0 radical (unpaired) electrons. The minimum Gasteiger partial charge on any atom is -0.383 e. The topological polar surface area (TPSA) is 72.9 Å². The van der Waals surface area contributed by atoms with Crippen molar-refractivity contribution in [1.82, 2.24) is 4.90 Å². The Hall–Kier alpha value is -2.45. The van der Waals surface area contributed by atoms with E-state index in [0.29, 0.717) is 26.1 Å². The maximum Gasteiger partial charge on any atom is 0.339 e. The maximum atomic E-state index is 13.0. The molecule has 0 heterocycles. The largest absolute Gasteiger partial charge is 0.383 e. The number of hydrogen-bond acceptors (Lipinski definition) is 5. The Labute approximate surface area is 190 Å². The van der Waals surface area contributed by atoms with Gasteiger partial charge in [0.2, 0.25) is 5.91 Å². The van der Waals surface area contributed by atoms with Crippen LogP contribution in [0, 0.1) is 5.82 Å². The quantitative estimate of drug-likeness (QED) is 0.292. The molecule has 0 saturated carbocycles. The molecule has 176 valence electrons. The Morgan fingerprint density at radius 1 is 0.969 bits per heavy atom. The summed E-state index contributed by atoms with van der Waals surface area (Å²) in [5, 5.41) is 0. The van der Waals surface area contributed by atoms with Gasteiger partial charge in [-0.3, -0.25) is 4.79 Å². The van der Waals surface area contributed by atoms with Crippen molar-refractivity contribution in [3.8, 4) is 5.75 Å². The molecular formula is C24H32FNO5S. The minimum absolute atomic E-state index is 0.0813. The van der Waals surface area contributed by atoms with Gasteiger partial charge in [-0.1, -0.05) is 44.7 Å². The second kappa shape index (κ2) is 13.2. The van der Waals surface area contributed by atoms with Crippen LogP contribution in [0.4, 0.5) is 4.39 Å². The van der Waals surface area contributed by atoms with E-state index in [1.165, 1.54) is 12.8 Å². The zero-order valence-corrected chi connectivity index (χ0v) is 19.6. The highest BCUT2D eigenvalue weighted by Crippen LogP contribution is 2.20. The van der Waals surface area contributed by atoms with Crippen LogP contribution in [0.5, 0.6) is 5.75 Å². The zero-order valence-electron chi connectivity index (χ0n) is 18.8. The fourth-order valence-corrected chi connectivity index (χ4v) is 4.11. The molecule has 0 atom stereocenters. The predicted octanol–water partition coefficient (Wildman–Crippen LogP) is 4.93. The van der Waals surface area contributed by atoms with Crippen LogP contribution in [0.2, 0.25) is 0 Å². The molecular weight excluding hydrogens is 433 g/mol. The van der Waals surface area contributed by atoms with Crippen molar-refractivity contribution in [2.75, 3.05) is 20.3 Å². The summed E-state index contributed by atoms with van der Waals surface area (Å²) in [5.74, 6) is -0.302. The van der Waals surface area contributed by atoms with Gasteiger partial charge in [0.15, 0.2) is 0 Å². The van der Waals surface area contributed by atoms with E-state index in [1.54, 1.807) is 36.3 Å². The summed E-state index contributed by atoms with van der Waals surface area (Å²) in [6, 6.07) is 11.0. The van der Waals surface area contributed by atoms with Crippen molar-refractivity contribution in [1.29, 1.82) is 0 Å². The zero-order chi connectivity index (χ0) is 23.4. The van der Waals surface area contributed by atoms with Gasteiger partial charge in [-0.15, -0.1) is 0 Å². The van der Waals surface area contributed by atoms with Crippen LogP contribution in [0.25, 0.3) is 0 Å². The summed E-state index contributed by atoms with van der Waals surface area (Å²) in [7, 11) is -2.46. The van der Waals surface area contributed by atoms with E-state index in [9.17, 15) is 17.6 Å². The first-order chi connectivity index (χ1) is 15.4. The highest BCUT2D eigenvalue weighted by atomic mass is 32.2. The van der Waals surface area contributed by atoms with Gasteiger partial charge in [-0.25, -0.2) is 4.39 Å². The highest BCUT2D eigenvalue weighted by Gasteiger charge is 2.17. The van der Waals surface area contributed by atoms with Crippen molar-refractivity contribution in [2.24, 2.45) is 0 Å². The highest BCUT2D eigenvalue weighted by molar-refractivity contribution is 7.87. The Bertz CT molecular complexity index is 930. The molecule has 2 aromatic rings. The van der Waals surface area contributed by atoms with Crippen molar-refractivity contribution >= 4 is 16.0 Å². The molecule has 2 aromatic carbocycles. The molecule has 0 fully saturated rings. The smallest absolute Gasteiger partial charge is 0.339 e. The molecule has 0 aliphatic heterocycles. The van der Waals surface area contributed by atoms with E-state index in [4.69, 9.17) is 8.92 Å². The number of amides is 1. The fourth-order valence-electron chi connectivity index (χ4n) is 3.18. The maximum absolute atomic E-state index is 13.0. The number of nitrogens with zero attached hydrogens (tertiary/aromatic N) is 1. The molecule has 0 unspecified atom stereocenters. The van der Waals surface area contributed by atoms with Crippen LogP contribution < -0.4 is 4.18 Å². The van der Waals surface area contributed by atoms with Gasteiger partial charge < -0.3 is 13.8 Å². The second-order valence-electron chi connectivity index (χ2n) is 7.61. The van der Waals surface area contributed by atoms with Crippen molar-refractivity contribution < 1.29 is 26.5 Å². The van der Waals surface area contributed by atoms with E-state index in [1.807, 2.05) is 0 Å². The Morgan fingerprint density at radius 3 is 2.25 bits per heavy atom. The van der Waals surface area contributed by atoms with Gasteiger partial charge >= 0.3 is 10.1 Å². The number of rotatable bonds is 14. The molecule has 0 aliphatic carbocycles. The number of carbonyl (C=O) groups is 1. The molecule has 0 N–H and O–H groups in total. The first-order valence-corrected chi connectivity index (χ1v) is 12.3. The lowest BCUT2D eigenvalue weighted by molar-refractivity contribution is -0.132. The van der Waals surface area contributed by atoms with E-state index in [2.05, 4.69) is 6.92 Å². The van der Waals surface area contributed by atoms with Gasteiger partial charge in [0.1, 0.15) is 16.5 Å². The lowest BCUT2D eigenvalue weighted by Gasteiger charge is -2.23. The number of ether oxygens (including phenoxy) is 1. The first-order valence-electron chi connectivity index (χ1n) is 10.9. The average Bonchev–Trinajstić information content (AvgIpc) is 2.77. The SMILES string of the molecule is CCCCCCCC(=O)N(CCOC)Cc1ccc(OS(=O)(=O)c2ccc(F)cc2)cc1. The number of methoxy groups -OCH3 is 1. The monoisotopic (exact) mass is 465 g/mol. The third-order valence-corrected chi connectivity index (χ3v) is 6.28. The Balaban J connectivity index is 1.97. The predicted molar refractivity (Wildman–Crippen MR) is 121 cm³/mol. The van der Waals surface area contributed by atoms with Gasteiger partial charge in [0.25, 0.3) is 0 Å². The van der Waals surface area contributed by atoms with Gasteiger partial charge in [-0.2, -0.15) is 8.42 Å². The standard InChI is InChI=1S/C24H32FNO5S/c1-3-4-5-6-7-8-24(27)26(17-18-30-2)19-20-9-13-22(14-10-20)31-32(28,29)23-15-11-21(25)12-16-23/h9-16H,3-8,17-19H2,1-2H3. The van der Waals surface area contributed by atoms with E-state index in [-0.39, 0.29) is 16.6 Å². The van der Waals surface area contributed by atoms with Crippen LogP contribution >= 0.6 is 0 Å². The van der Waals surface area contributed by atoms with E-state index < -0.39 is 15.9 Å². The van der Waals surface area contributed by atoms with E-state index in [0.717, 1.165) is 49.1 Å². The third-order valence-electron chi connectivity index (χ3n) is 5.02. The van der Waals surface area contributed by atoms with E-state index >= 15 is 0 Å². The molecule has 0 saturated heterocycles. The number of halogens is 1. The Morgan fingerprint density at radius 2 is 1.62 bits per heavy atom. The number of benzene rings is 2. The summed E-state index contributed by atoms with van der Waals surface area (Å²) in [6.45, 7) is 3.49. The normalized spacial score (nSPS) is 11.3. The molecule has 8 heteroatoms. The number of carbonyl (C=O) groups excluding carboxylic acids is 1. The molecule has 0 spiro atoms. The van der Waals surface area contributed by atoms with Gasteiger partial charge in [0.05, 0.1) is 6.61 Å². The first kappa shape index (κ1) is 25.8. The molecule has 0 aliphatic rings. The minimum atomic E-state index is -4.06. The van der Waals surface area contributed by atoms with Crippen LogP contribution in [-0.2, 0) is 26.2 Å². The number of unbranched alkanes of at least 4 members (excludes halogenated alkanes) is 4. The Kier molecular flexibility index (Phi) is 10.6. The average molecular weight is 466 g/mol. The molecule has 2 rings (SSSR count). The second-order valence-corrected chi connectivity index (χ2v) is 9.15. The van der Waals surface area contributed by atoms with Gasteiger partial charge in [0, 0.05) is 26.6 Å². The number of hydrogen-bond donors (Lipinski definition) is 0. The van der Waals surface area contributed by atoms with Crippen LogP contribution in [0.3, 0.4) is 0 Å². The summed E-state index contributed by atoms with van der Waals surface area (Å²) in [5.41, 5.74) is 0.854. The third kappa shape index (κ3) is 8.59.